The van der Waals surface area contributed by atoms with Gasteiger partial charge in [-0.05, 0) is 30.5 Å². The molecule has 1 rings (SSSR count). The number of nitrogens with zero attached hydrogens (tertiary/aromatic N) is 2. The van der Waals surface area contributed by atoms with E-state index in [4.69, 9.17) is 11.0 Å². The molecule has 0 heterocycles. The molecule has 0 atom stereocenters. The molecule has 0 aliphatic rings. The Labute approximate surface area is 121 Å². The molecule has 0 saturated carbocycles. The highest BCUT2D eigenvalue weighted by atomic mass is 32.2. The summed E-state index contributed by atoms with van der Waals surface area (Å²) in [6.07, 6.45) is 0.174. The van der Waals surface area contributed by atoms with E-state index in [2.05, 4.69) is 0 Å². The predicted octanol–water partition coefficient (Wildman–Crippen LogP) is 2.14. The van der Waals surface area contributed by atoms with Crippen molar-refractivity contribution in [2.75, 3.05) is 18.8 Å². The first-order valence-corrected chi connectivity index (χ1v) is 7.96. The quantitative estimate of drug-likeness (QED) is 0.814. The summed E-state index contributed by atoms with van der Waals surface area (Å²) in [4.78, 5) is 0.219. The van der Waals surface area contributed by atoms with Crippen LogP contribution in [0.25, 0.3) is 0 Å². The molecule has 0 aliphatic carbocycles. The smallest absolute Gasteiger partial charge is 0.243 e. The van der Waals surface area contributed by atoms with Crippen LogP contribution in [0.5, 0.6) is 0 Å². The molecule has 0 fully saturated rings. The molecule has 0 radical (unpaired) electrons. The number of benzene rings is 1. The van der Waals surface area contributed by atoms with Crippen molar-refractivity contribution in [3.63, 3.8) is 0 Å². The van der Waals surface area contributed by atoms with Crippen LogP contribution >= 0.6 is 0 Å². The van der Waals surface area contributed by atoms with E-state index in [1.54, 1.807) is 19.1 Å². The second-order valence-electron chi connectivity index (χ2n) is 5.19. The molecule has 0 saturated heterocycles. The Morgan fingerprint density at radius 1 is 1.40 bits per heavy atom. The fraction of sp³-hybridized carbons (Fsp3) is 0.500. The third kappa shape index (κ3) is 3.95. The van der Waals surface area contributed by atoms with Gasteiger partial charge in [-0.3, -0.25) is 0 Å². The summed E-state index contributed by atoms with van der Waals surface area (Å²) in [5.74, 6) is 0.185. The number of nitriles is 1. The highest BCUT2D eigenvalue weighted by molar-refractivity contribution is 7.89. The molecular formula is C14H21N3O2S. The molecule has 0 aromatic heterocycles. The third-order valence-electron chi connectivity index (χ3n) is 2.87. The Morgan fingerprint density at radius 3 is 2.60 bits per heavy atom. The maximum absolute atomic E-state index is 12.7. The topological polar surface area (TPSA) is 87.2 Å². The van der Waals surface area contributed by atoms with Gasteiger partial charge in [-0.15, -0.1) is 0 Å². The van der Waals surface area contributed by atoms with Crippen LogP contribution in [0, 0.1) is 24.2 Å². The zero-order valence-corrected chi connectivity index (χ0v) is 12.9. The van der Waals surface area contributed by atoms with E-state index < -0.39 is 10.0 Å². The Kier molecular flexibility index (Phi) is 5.54. The molecular weight excluding hydrogens is 274 g/mol. The number of hydrogen-bond acceptors (Lipinski definition) is 4. The molecule has 1 aromatic carbocycles. The minimum absolute atomic E-state index is 0.174. The average molecular weight is 295 g/mol. The second kappa shape index (κ2) is 6.73. The Bertz CT molecular complexity index is 603. The van der Waals surface area contributed by atoms with Gasteiger partial charge >= 0.3 is 0 Å². The molecule has 0 bridgehead atoms. The van der Waals surface area contributed by atoms with Crippen LogP contribution in [0.4, 0.5) is 5.69 Å². The molecule has 0 amide bonds. The molecule has 0 aliphatic heterocycles. The van der Waals surface area contributed by atoms with Gasteiger partial charge in [0.25, 0.3) is 0 Å². The van der Waals surface area contributed by atoms with E-state index in [0.717, 1.165) is 0 Å². The van der Waals surface area contributed by atoms with Crippen molar-refractivity contribution in [2.24, 2.45) is 5.92 Å². The van der Waals surface area contributed by atoms with Gasteiger partial charge in [0.1, 0.15) is 0 Å². The van der Waals surface area contributed by atoms with Gasteiger partial charge in [0.05, 0.1) is 11.0 Å². The number of hydrogen-bond donors (Lipinski definition) is 1. The summed E-state index contributed by atoms with van der Waals surface area (Å²) in [5, 5.41) is 8.69. The number of anilines is 1. The normalized spacial score (nSPS) is 11.8. The first-order chi connectivity index (χ1) is 9.28. The standard InChI is InChI=1S/C14H21N3O2S/c1-11(2)10-17(8-4-7-15)20(18,19)14-9-13(16)6-5-12(14)3/h5-6,9,11H,4,8,10,16H2,1-3H3. The first-order valence-electron chi connectivity index (χ1n) is 6.52. The van der Waals surface area contributed by atoms with E-state index >= 15 is 0 Å². The van der Waals surface area contributed by atoms with Crippen molar-refractivity contribution in [3.05, 3.63) is 23.8 Å². The SMILES string of the molecule is Cc1ccc(N)cc1S(=O)(=O)N(CCC#N)CC(C)C. The maximum atomic E-state index is 12.7. The highest BCUT2D eigenvalue weighted by Gasteiger charge is 2.26. The lowest BCUT2D eigenvalue weighted by Gasteiger charge is -2.24. The lowest BCUT2D eigenvalue weighted by Crippen LogP contribution is -2.35. The zero-order valence-electron chi connectivity index (χ0n) is 12.1. The van der Waals surface area contributed by atoms with Crippen molar-refractivity contribution in [1.29, 1.82) is 5.26 Å². The molecule has 1 aromatic rings. The molecule has 0 unspecified atom stereocenters. The summed E-state index contributed by atoms with van der Waals surface area (Å²) < 4.78 is 26.8. The van der Waals surface area contributed by atoms with Crippen LogP contribution in [0.15, 0.2) is 23.1 Å². The van der Waals surface area contributed by atoms with Gasteiger partial charge in [0.15, 0.2) is 0 Å². The lowest BCUT2D eigenvalue weighted by atomic mass is 10.2. The maximum Gasteiger partial charge on any atom is 0.243 e. The Morgan fingerprint density at radius 2 is 2.05 bits per heavy atom. The first kappa shape index (κ1) is 16.5. The number of nitrogen functional groups attached to an aromatic ring is 1. The van der Waals surface area contributed by atoms with Crippen LogP contribution in [-0.4, -0.2) is 25.8 Å². The molecule has 20 heavy (non-hydrogen) atoms. The molecule has 0 spiro atoms. The summed E-state index contributed by atoms with van der Waals surface area (Å²) in [7, 11) is -3.62. The van der Waals surface area contributed by atoms with E-state index in [0.29, 0.717) is 17.8 Å². The van der Waals surface area contributed by atoms with E-state index in [1.807, 2.05) is 19.9 Å². The van der Waals surface area contributed by atoms with E-state index in [1.165, 1.54) is 10.4 Å². The van der Waals surface area contributed by atoms with Crippen LogP contribution in [0.2, 0.25) is 0 Å². The molecule has 6 heteroatoms. The average Bonchev–Trinajstić information content (AvgIpc) is 2.36. The van der Waals surface area contributed by atoms with Crippen molar-refractivity contribution in [2.45, 2.75) is 32.1 Å². The number of aryl methyl sites for hydroxylation is 1. The van der Waals surface area contributed by atoms with Gasteiger partial charge in [0.2, 0.25) is 10.0 Å². The number of nitrogens with two attached hydrogens (primary N) is 1. The molecule has 110 valence electrons. The third-order valence-corrected chi connectivity index (χ3v) is 4.88. The highest BCUT2D eigenvalue weighted by Crippen LogP contribution is 2.23. The lowest BCUT2D eigenvalue weighted by molar-refractivity contribution is 0.372. The van der Waals surface area contributed by atoms with E-state index in [-0.39, 0.29) is 23.8 Å². The molecule has 5 nitrogen and oxygen atoms in total. The minimum atomic E-state index is -3.62. The monoisotopic (exact) mass is 295 g/mol. The van der Waals surface area contributed by atoms with Crippen LogP contribution in [-0.2, 0) is 10.0 Å². The van der Waals surface area contributed by atoms with Gasteiger partial charge < -0.3 is 5.73 Å². The largest absolute Gasteiger partial charge is 0.399 e. The fourth-order valence-corrected chi connectivity index (χ4v) is 3.79. The summed E-state index contributed by atoms with van der Waals surface area (Å²) >= 11 is 0. The van der Waals surface area contributed by atoms with Crippen molar-refractivity contribution in [3.8, 4) is 6.07 Å². The Hall–Kier alpha value is -1.58. The fourth-order valence-electron chi connectivity index (χ4n) is 1.93. The second-order valence-corrected chi connectivity index (χ2v) is 7.10. The van der Waals surface area contributed by atoms with E-state index in [9.17, 15) is 8.42 Å². The Balaban J connectivity index is 3.21. The van der Waals surface area contributed by atoms with Gasteiger partial charge in [-0.1, -0.05) is 19.9 Å². The predicted molar refractivity (Wildman–Crippen MR) is 79.4 cm³/mol. The zero-order chi connectivity index (χ0) is 15.3. The van der Waals surface area contributed by atoms with Crippen molar-refractivity contribution in [1.82, 2.24) is 4.31 Å². The summed E-state index contributed by atoms with van der Waals surface area (Å²) in [6.45, 7) is 6.22. The molecule has 2 N–H and O–H groups in total. The summed E-state index contributed by atoms with van der Waals surface area (Å²) in [5.41, 5.74) is 6.76. The number of rotatable bonds is 6. The summed E-state index contributed by atoms with van der Waals surface area (Å²) in [6, 6.07) is 6.84. The van der Waals surface area contributed by atoms with Crippen LogP contribution < -0.4 is 5.73 Å². The van der Waals surface area contributed by atoms with Crippen molar-refractivity contribution >= 4 is 15.7 Å². The van der Waals surface area contributed by atoms with Crippen LogP contribution in [0.3, 0.4) is 0 Å². The van der Waals surface area contributed by atoms with Gasteiger partial charge in [-0.2, -0.15) is 9.57 Å². The van der Waals surface area contributed by atoms with Crippen LogP contribution in [0.1, 0.15) is 25.8 Å². The van der Waals surface area contributed by atoms with Gasteiger partial charge in [0, 0.05) is 25.2 Å². The number of sulfonamides is 1. The minimum Gasteiger partial charge on any atom is -0.399 e. The van der Waals surface area contributed by atoms with Gasteiger partial charge in [-0.25, -0.2) is 8.42 Å². The van der Waals surface area contributed by atoms with Crippen molar-refractivity contribution < 1.29 is 8.42 Å².